The highest BCUT2D eigenvalue weighted by molar-refractivity contribution is 5.79. The van der Waals surface area contributed by atoms with Crippen LogP contribution in [0.4, 0.5) is 0 Å². The molecule has 14 heavy (non-hydrogen) atoms. The summed E-state index contributed by atoms with van der Waals surface area (Å²) in [6.45, 7) is 0. The van der Waals surface area contributed by atoms with Crippen LogP contribution in [0.5, 0.6) is 0 Å². The van der Waals surface area contributed by atoms with Crippen molar-refractivity contribution in [1.29, 1.82) is 5.26 Å². The second kappa shape index (κ2) is 5.55. The van der Waals surface area contributed by atoms with Gasteiger partial charge in [0.05, 0.1) is 12.3 Å². The third kappa shape index (κ3) is 3.55. The SMILES string of the molecule is CN(/C=C/C#N)N=Cc1ccccc1. The maximum atomic E-state index is 8.29. The fourth-order valence-electron chi connectivity index (χ4n) is 0.877. The van der Waals surface area contributed by atoms with E-state index in [-0.39, 0.29) is 0 Å². The maximum absolute atomic E-state index is 8.29. The number of nitriles is 1. The van der Waals surface area contributed by atoms with E-state index in [1.54, 1.807) is 24.5 Å². The van der Waals surface area contributed by atoms with Gasteiger partial charge in [-0.15, -0.1) is 0 Å². The summed E-state index contributed by atoms with van der Waals surface area (Å²) in [5.74, 6) is 0. The van der Waals surface area contributed by atoms with E-state index in [0.717, 1.165) is 5.56 Å². The minimum absolute atomic E-state index is 1.03. The average Bonchev–Trinajstić information content (AvgIpc) is 2.25. The number of rotatable bonds is 3. The van der Waals surface area contributed by atoms with Crippen LogP contribution >= 0.6 is 0 Å². The van der Waals surface area contributed by atoms with Gasteiger partial charge in [0, 0.05) is 19.3 Å². The Morgan fingerprint density at radius 1 is 1.36 bits per heavy atom. The molecule has 0 radical (unpaired) electrons. The number of allylic oxidation sites excluding steroid dienone is 1. The van der Waals surface area contributed by atoms with Crippen molar-refractivity contribution in [3.05, 3.63) is 48.2 Å². The van der Waals surface area contributed by atoms with E-state index in [1.807, 2.05) is 36.4 Å². The third-order valence-corrected chi connectivity index (χ3v) is 1.55. The maximum Gasteiger partial charge on any atom is 0.0928 e. The quantitative estimate of drug-likeness (QED) is 0.410. The van der Waals surface area contributed by atoms with Gasteiger partial charge >= 0.3 is 0 Å². The highest BCUT2D eigenvalue weighted by atomic mass is 15.4. The lowest BCUT2D eigenvalue weighted by molar-refractivity contribution is 0.493. The molecule has 3 heteroatoms. The summed E-state index contributed by atoms with van der Waals surface area (Å²) in [7, 11) is 1.77. The van der Waals surface area contributed by atoms with Gasteiger partial charge < -0.3 is 0 Å². The Labute approximate surface area is 83.6 Å². The molecule has 0 fully saturated rings. The lowest BCUT2D eigenvalue weighted by Gasteiger charge is -2.03. The molecule has 0 aliphatic heterocycles. The lowest BCUT2D eigenvalue weighted by atomic mass is 10.2. The zero-order valence-electron chi connectivity index (χ0n) is 7.96. The van der Waals surface area contributed by atoms with Gasteiger partial charge in [-0.25, -0.2) is 0 Å². The normalized spacial score (nSPS) is 10.6. The van der Waals surface area contributed by atoms with Crippen LogP contribution in [0.3, 0.4) is 0 Å². The molecule has 1 rings (SSSR count). The van der Waals surface area contributed by atoms with Gasteiger partial charge in [-0.1, -0.05) is 30.3 Å². The first kappa shape index (κ1) is 10.0. The second-order valence-corrected chi connectivity index (χ2v) is 2.67. The molecule has 0 spiro atoms. The van der Waals surface area contributed by atoms with Crippen LogP contribution < -0.4 is 0 Å². The first-order valence-corrected chi connectivity index (χ1v) is 4.21. The van der Waals surface area contributed by atoms with Crippen molar-refractivity contribution in [2.45, 2.75) is 0 Å². The predicted molar refractivity (Wildman–Crippen MR) is 56.6 cm³/mol. The molecule has 0 atom stereocenters. The lowest BCUT2D eigenvalue weighted by Crippen LogP contribution is -2.00. The van der Waals surface area contributed by atoms with Crippen molar-refractivity contribution in [2.75, 3.05) is 7.05 Å². The number of nitrogens with zero attached hydrogens (tertiary/aromatic N) is 3. The second-order valence-electron chi connectivity index (χ2n) is 2.67. The van der Waals surface area contributed by atoms with Crippen molar-refractivity contribution in [1.82, 2.24) is 5.01 Å². The number of hydrazone groups is 1. The molecule has 70 valence electrons. The zero-order chi connectivity index (χ0) is 10.2. The van der Waals surface area contributed by atoms with Gasteiger partial charge in [0.1, 0.15) is 0 Å². The van der Waals surface area contributed by atoms with Crippen LogP contribution in [-0.2, 0) is 0 Å². The Morgan fingerprint density at radius 2 is 2.07 bits per heavy atom. The van der Waals surface area contributed by atoms with Gasteiger partial charge in [0.2, 0.25) is 0 Å². The van der Waals surface area contributed by atoms with Gasteiger partial charge in [-0.3, -0.25) is 5.01 Å². The Hall–Kier alpha value is -2.08. The predicted octanol–water partition coefficient (Wildman–Crippen LogP) is 1.99. The minimum atomic E-state index is 1.03. The van der Waals surface area contributed by atoms with Crippen LogP contribution in [0.25, 0.3) is 0 Å². The number of hydrogen-bond acceptors (Lipinski definition) is 3. The van der Waals surface area contributed by atoms with Crippen LogP contribution in [0, 0.1) is 11.3 Å². The summed E-state index contributed by atoms with van der Waals surface area (Å²) in [5, 5.41) is 14.0. The van der Waals surface area contributed by atoms with E-state index >= 15 is 0 Å². The number of hydrogen-bond donors (Lipinski definition) is 0. The fraction of sp³-hybridized carbons (Fsp3) is 0.0909. The van der Waals surface area contributed by atoms with Gasteiger partial charge in [0.15, 0.2) is 0 Å². The van der Waals surface area contributed by atoms with Crippen LogP contribution in [0.1, 0.15) is 5.56 Å². The van der Waals surface area contributed by atoms with E-state index < -0.39 is 0 Å². The molecule has 0 saturated carbocycles. The third-order valence-electron chi connectivity index (χ3n) is 1.55. The summed E-state index contributed by atoms with van der Waals surface area (Å²) in [4.78, 5) is 0. The van der Waals surface area contributed by atoms with Crippen molar-refractivity contribution in [3.8, 4) is 6.07 Å². The van der Waals surface area contributed by atoms with E-state index in [1.165, 1.54) is 6.08 Å². The van der Waals surface area contributed by atoms with E-state index in [2.05, 4.69) is 5.10 Å². The molecule has 3 nitrogen and oxygen atoms in total. The standard InChI is InChI=1S/C11H11N3/c1-14(9-5-8-12)13-10-11-6-3-2-4-7-11/h2-7,9-10H,1H3/b9-5+,13-10?. The Kier molecular flexibility index (Phi) is 3.96. The molecule has 0 heterocycles. The molecule has 0 bridgehead atoms. The molecular formula is C11H11N3. The zero-order valence-corrected chi connectivity index (χ0v) is 7.96. The first-order valence-electron chi connectivity index (χ1n) is 4.21. The fourth-order valence-corrected chi connectivity index (χ4v) is 0.877. The van der Waals surface area contributed by atoms with Gasteiger partial charge in [0.25, 0.3) is 0 Å². The topological polar surface area (TPSA) is 39.4 Å². The Balaban J connectivity index is 2.57. The van der Waals surface area contributed by atoms with Crippen molar-refractivity contribution in [2.24, 2.45) is 5.10 Å². The molecule has 0 unspecified atom stereocenters. The van der Waals surface area contributed by atoms with Crippen LogP contribution in [0.2, 0.25) is 0 Å². The summed E-state index contributed by atoms with van der Waals surface area (Å²) in [6, 6.07) is 11.7. The molecular weight excluding hydrogens is 174 g/mol. The number of benzene rings is 1. The monoisotopic (exact) mass is 185 g/mol. The highest BCUT2D eigenvalue weighted by Crippen LogP contribution is 1.95. The highest BCUT2D eigenvalue weighted by Gasteiger charge is 1.85. The molecule has 0 amide bonds. The van der Waals surface area contributed by atoms with E-state index in [0.29, 0.717) is 0 Å². The van der Waals surface area contributed by atoms with Crippen LogP contribution in [-0.4, -0.2) is 18.3 Å². The van der Waals surface area contributed by atoms with Crippen LogP contribution in [0.15, 0.2) is 47.7 Å². The molecule has 0 N–H and O–H groups in total. The summed E-state index contributed by atoms with van der Waals surface area (Å²) in [5.41, 5.74) is 1.03. The summed E-state index contributed by atoms with van der Waals surface area (Å²) < 4.78 is 0. The Bertz CT molecular complexity index is 360. The average molecular weight is 185 g/mol. The van der Waals surface area contributed by atoms with Gasteiger partial charge in [-0.2, -0.15) is 10.4 Å². The summed E-state index contributed by atoms with van der Waals surface area (Å²) in [6.07, 6.45) is 4.71. The molecule has 0 aromatic heterocycles. The summed E-state index contributed by atoms with van der Waals surface area (Å²) >= 11 is 0. The molecule has 1 aromatic carbocycles. The smallest absolute Gasteiger partial charge is 0.0928 e. The minimum Gasteiger partial charge on any atom is -0.275 e. The Morgan fingerprint density at radius 3 is 2.71 bits per heavy atom. The van der Waals surface area contributed by atoms with E-state index in [4.69, 9.17) is 5.26 Å². The van der Waals surface area contributed by atoms with Crippen molar-refractivity contribution >= 4 is 6.21 Å². The first-order chi connectivity index (χ1) is 6.83. The van der Waals surface area contributed by atoms with E-state index in [9.17, 15) is 0 Å². The van der Waals surface area contributed by atoms with Crippen molar-refractivity contribution < 1.29 is 0 Å². The molecule has 1 aromatic rings. The largest absolute Gasteiger partial charge is 0.275 e. The van der Waals surface area contributed by atoms with Crippen molar-refractivity contribution in [3.63, 3.8) is 0 Å². The molecule has 0 aliphatic carbocycles. The molecule has 0 saturated heterocycles. The van der Waals surface area contributed by atoms with Gasteiger partial charge in [-0.05, 0) is 5.56 Å². The molecule has 0 aliphatic rings.